The Balaban J connectivity index is 1.96. The van der Waals surface area contributed by atoms with E-state index in [2.05, 4.69) is 25.2 Å². The normalized spacial score (nSPS) is 33.1. The van der Waals surface area contributed by atoms with Gasteiger partial charge < -0.3 is 4.43 Å². The van der Waals surface area contributed by atoms with E-state index in [0.29, 0.717) is 6.10 Å². The Morgan fingerprint density at radius 3 is 2.50 bits per heavy atom. The minimum atomic E-state index is -1.32. The van der Waals surface area contributed by atoms with Crippen molar-refractivity contribution in [3.63, 3.8) is 0 Å². The van der Waals surface area contributed by atoms with Crippen molar-refractivity contribution < 1.29 is 4.43 Å². The van der Waals surface area contributed by atoms with E-state index >= 15 is 0 Å². The number of rotatable bonds is 1. The van der Waals surface area contributed by atoms with Crippen LogP contribution in [0.5, 0.6) is 0 Å². The van der Waals surface area contributed by atoms with E-state index in [4.69, 9.17) is 4.43 Å². The monoisotopic (exact) mass is 210 g/mol. The molecular weight excluding hydrogens is 188 g/mol. The van der Waals surface area contributed by atoms with Crippen molar-refractivity contribution >= 4 is 8.32 Å². The van der Waals surface area contributed by atoms with Crippen molar-refractivity contribution in [1.82, 2.24) is 0 Å². The fraction of sp³-hybridized carbons (Fsp3) is 0.833. The van der Waals surface area contributed by atoms with Crippen LogP contribution in [0.4, 0.5) is 0 Å². The second-order valence-corrected chi connectivity index (χ2v) is 9.54. The van der Waals surface area contributed by atoms with Crippen LogP contribution in [0.1, 0.15) is 32.1 Å². The summed E-state index contributed by atoms with van der Waals surface area (Å²) < 4.78 is 6.27. The Hall–Kier alpha value is -0.0831. The molecule has 1 atom stereocenters. The smallest absolute Gasteiger partial charge is 0.191 e. The molecule has 14 heavy (non-hydrogen) atoms. The first-order valence-electron chi connectivity index (χ1n) is 6.02. The molecule has 1 aliphatic heterocycles. The molecule has 0 N–H and O–H groups in total. The molecule has 0 aromatic heterocycles. The van der Waals surface area contributed by atoms with Gasteiger partial charge >= 0.3 is 0 Å². The third-order valence-electron chi connectivity index (χ3n) is 3.50. The molecule has 2 rings (SSSR count). The van der Waals surface area contributed by atoms with E-state index in [1.54, 1.807) is 0 Å². The summed E-state index contributed by atoms with van der Waals surface area (Å²) in [5.74, 6) is 0.826. The van der Waals surface area contributed by atoms with Crippen LogP contribution < -0.4 is 0 Å². The standard InChI is InChI=1S/C12H22OSi/c1-14(2)10-6-9-12(13-14)11-7-4-3-5-8-11/h6,9,11-12H,3-5,7-8,10H2,1-2H3/t12-/m1/s1. The van der Waals surface area contributed by atoms with Gasteiger partial charge in [0.25, 0.3) is 0 Å². The summed E-state index contributed by atoms with van der Waals surface area (Å²) in [5, 5.41) is 0. The lowest BCUT2D eigenvalue weighted by Gasteiger charge is -2.36. The van der Waals surface area contributed by atoms with Crippen LogP contribution in [0, 0.1) is 5.92 Å². The lowest BCUT2D eigenvalue weighted by atomic mass is 9.85. The summed E-state index contributed by atoms with van der Waals surface area (Å²) in [5.41, 5.74) is 0. The van der Waals surface area contributed by atoms with Crippen LogP contribution in [-0.4, -0.2) is 14.4 Å². The van der Waals surface area contributed by atoms with Gasteiger partial charge in [-0.25, -0.2) is 0 Å². The SMILES string of the molecule is C[Si]1(C)CC=C[C@H](C2CCCCC2)O1. The Morgan fingerprint density at radius 2 is 1.86 bits per heavy atom. The quantitative estimate of drug-likeness (QED) is 0.473. The molecule has 2 aliphatic rings. The minimum absolute atomic E-state index is 0.464. The van der Waals surface area contributed by atoms with Gasteiger partial charge in [-0.1, -0.05) is 31.4 Å². The highest BCUT2D eigenvalue weighted by Crippen LogP contribution is 2.33. The average Bonchev–Trinajstić information content (AvgIpc) is 2.18. The lowest BCUT2D eigenvalue weighted by Crippen LogP contribution is -2.40. The molecule has 0 spiro atoms. The molecule has 1 fully saturated rings. The van der Waals surface area contributed by atoms with Crippen molar-refractivity contribution in [2.24, 2.45) is 5.92 Å². The average molecular weight is 210 g/mol. The Kier molecular flexibility index (Phi) is 3.13. The molecule has 2 heteroatoms. The first kappa shape index (κ1) is 10.4. The van der Waals surface area contributed by atoms with Crippen LogP contribution in [0.15, 0.2) is 12.2 Å². The summed E-state index contributed by atoms with van der Waals surface area (Å²) in [7, 11) is -1.32. The van der Waals surface area contributed by atoms with Gasteiger partial charge in [0.2, 0.25) is 0 Å². The highest BCUT2D eigenvalue weighted by Gasteiger charge is 2.32. The van der Waals surface area contributed by atoms with Gasteiger partial charge in [-0.3, -0.25) is 0 Å². The first-order chi connectivity index (χ1) is 6.67. The summed E-state index contributed by atoms with van der Waals surface area (Å²) in [6.45, 7) is 4.68. The van der Waals surface area contributed by atoms with Gasteiger partial charge in [-0.05, 0) is 37.9 Å². The Bertz CT molecular complexity index is 216. The zero-order valence-corrected chi connectivity index (χ0v) is 10.5. The molecule has 0 bridgehead atoms. The molecule has 0 unspecified atom stereocenters. The summed E-state index contributed by atoms with van der Waals surface area (Å²) in [6.07, 6.45) is 12.2. The number of allylic oxidation sites excluding steroid dienone is 1. The summed E-state index contributed by atoms with van der Waals surface area (Å²) in [6, 6.07) is 1.20. The molecule has 0 amide bonds. The predicted octanol–water partition coefficient (Wildman–Crippen LogP) is 3.73. The van der Waals surface area contributed by atoms with Crippen molar-refractivity contribution in [3.8, 4) is 0 Å². The van der Waals surface area contributed by atoms with Crippen molar-refractivity contribution in [2.45, 2.75) is 57.3 Å². The molecule has 0 radical (unpaired) electrons. The van der Waals surface area contributed by atoms with Crippen LogP contribution in [0.3, 0.4) is 0 Å². The van der Waals surface area contributed by atoms with Crippen LogP contribution in [-0.2, 0) is 4.43 Å². The van der Waals surface area contributed by atoms with Gasteiger partial charge in [0.15, 0.2) is 8.32 Å². The largest absolute Gasteiger partial charge is 0.410 e. The molecule has 0 saturated heterocycles. The van der Waals surface area contributed by atoms with Gasteiger partial charge in [0.1, 0.15) is 0 Å². The number of hydrogen-bond donors (Lipinski definition) is 0. The highest BCUT2D eigenvalue weighted by atomic mass is 28.4. The molecule has 1 saturated carbocycles. The Morgan fingerprint density at radius 1 is 1.14 bits per heavy atom. The van der Waals surface area contributed by atoms with Crippen molar-refractivity contribution in [2.75, 3.05) is 0 Å². The van der Waals surface area contributed by atoms with Crippen LogP contribution >= 0.6 is 0 Å². The molecule has 0 aromatic carbocycles. The van der Waals surface area contributed by atoms with Crippen molar-refractivity contribution in [1.29, 1.82) is 0 Å². The topological polar surface area (TPSA) is 9.23 Å². The third kappa shape index (κ3) is 2.48. The molecule has 1 aliphatic carbocycles. The van der Waals surface area contributed by atoms with Gasteiger partial charge in [-0.2, -0.15) is 0 Å². The third-order valence-corrected chi connectivity index (χ3v) is 5.63. The highest BCUT2D eigenvalue weighted by molar-refractivity contribution is 6.71. The zero-order chi connectivity index (χ0) is 10.0. The minimum Gasteiger partial charge on any atom is -0.410 e. The molecule has 0 aromatic rings. The maximum absolute atomic E-state index is 6.27. The van der Waals surface area contributed by atoms with E-state index in [9.17, 15) is 0 Å². The molecule has 1 nitrogen and oxygen atoms in total. The van der Waals surface area contributed by atoms with E-state index in [1.165, 1.54) is 38.1 Å². The fourth-order valence-electron chi connectivity index (χ4n) is 2.66. The fourth-order valence-corrected chi connectivity index (χ4v) is 4.47. The summed E-state index contributed by atoms with van der Waals surface area (Å²) in [4.78, 5) is 0. The molecule has 1 heterocycles. The first-order valence-corrected chi connectivity index (χ1v) is 9.13. The van der Waals surface area contributed by atoms with Crippen LogP contribution in [0.25, 0.3) is 0 Å². The van der Waals surface area contributed by atoms with E-state index < -0.39 is 8.32 Å². The second-order valence-electron chi connectivity index (χ2n) is 5.37. The predicted molar refractivity (Wildman–Crippen MR) is 62.9 cm³/mol. The van der Waals surface area contributed by atoms with E-state index in [0.717, 1.165) is 5.92 Å². The maximum Gasteiger partial charge on any atom is 0.191 e. The van der Waals surface area contributed by atoms with E-state index in [-0.39, 0.29) is 0 Å². The lowest BCUT2D eigenvalue weighted by molar-refractivity contribution is 0.135. The van der Waals surface area contributed by atoms with Gasteiger partial charge in [0.05, 0.1) is 6.10 Å². The Labute approximate surface area is 88.7 Å². The van der Waals surface area contributed by atoms with Gasteiger partial charge in [0, 0.05) is 0 Å². The maximum atomic E-state index is 6.27. The summed E-state index contributed by atoms with van der Waals surface area (Å²) >= 11 is 0. The second kappa shape index (κ2) is 4.19. The van der Waals surface area contributed by atoms with Crippen molar-refractivity contribution in [3.05, 3.63) is 12.2 Å². The zero-order valence-electron chi connectivity index (χ0n) is 9.46. The number of hydrogen-bond acceptors (Lipinski definition) is 1. The van der Waals surface area contributed by atoms with Crippen LogP contribution in [0.2, 0.25) is 19.1 Å². The van der Waals surface area contributed by atoms with Gasteiger partial charge in [-0.15, -0.1) is 0 Å². The molecule has 80 valence electrons. The molecular formula is C12H22OSi. The van der Waals surface area contributed by atoms with E-state index in [1.807, 2.05) is 0 Å².